The van der Waals surface area contributed by atoms with Gasteiger partial charge in [0.05, 0.1) is 0 Å². The zero-order chi connectivity index (χ0) is 16.7. The van der Waals surface area contributed by atoms with E-state index in [4.69, 9.17) is 16.6 Å². The third-order valence-corrected chi connectivity index (χ3v) is 4.66. The van der Waals surface area contributed by atoms with E-state index in [0.717, 1.165) is 5.39 Å². The Kier molecular flexibility index (Phi) is 3.58. The first kappa shape index (κ1) is 14.9. The van der Waals surface area contributed by atoms with Crippen molar-refractivity contribution in [2.75, 3.05) is 0 Å². The van der Waals surface area contributed by atoms with E-state index in [1.54, 1.807) is 4.57 Å². The molecule has 4 aromatic rings. The molecule has 0 amide bonds. The number of furan rings is 1. The number of aromatic amines is 1. The van der Waals surface area contributed by atoms with Crippen molar-refractivity contribution < 1.29 is 4.42 Å². The monoisotopic (exact) mass is 336 g/mol. The van der Waals surface area contributed by atoms with Gasteiger partial charge in [0, 0.05) is 11.9 Å². The lowest BCUT2D eigenvalue weighted by atomic mass is 10.0. The number of benzene rings is 2. The van der Waals surface area contributed by atoms with Crippen LogP contribution in [0.5, 0.6) is 0 Å². The van der Waals surface area contributed by atoms with Crippen LogP contribution in [-0.2, 0) is 6.54 Å². The third kappa shape index (κ3) is 2.37. The van der Waals surface area contributed by atoms with Crippen molar-refractivity contribution in [1.82, 2.24) is 9.55 Å². The summed E-state index contributed by atoms with van der Waals surface area (Å²) in [6, 6.07) is 17.7. The average molecular weight is 336 g/mol. The van der Waals surface area contributed by atoms with Gasteiger partial charge in [-0.25, -0.2) is 0 Å². The van der Waals surface area contributed by atoms with Gasteiger partial charge in [0.25, 0.3) is 5.56 Å². The predicted octanol–water partition coefficient (Wildman–Crippen LogP) is 4.61. The van der Waals surface area contributed by atoms with E-state index in [1.165, 1.54) is 5.56 Å². The SMILES string of the molecule is CC(Cn1c(=S)[nH]c2c(oc3ccccc32)c1=O)c1ccccc1. The van der Waals surface area contributed by atoms with Crippen LogP contribution in [0.25, 0.3) is 22.1 Å². The van der Waals surface area contributed by atoms with Gasteiger partial charge in [0.1, 0.15) is 11.1 Å². The highest BCUT2D eigenvalue weighted by molar-refractivity contribution is 7.71. The Hall–Kier alpha value is -2.66. The van der Waals surface area contributed by atoms with Crippen LogP contribution in [0, 0.1) is 4.77 Å². The summed E-state index contributed by atoms with van der Waals surface area (Å²) in [4.78, 5) is 16.0. The second-order valence-electron chi connectivity index (χ2n) is 5.96. The molecule has 0 bridgehead atoms. The molecule has 1 unspecified atom stereocenters. The quantitative estimate of drug-likeness (QED) is 0.556. The van der Waals surface area contributed by atoms with Crippen molar-refractivity contribution in [3.05, 3.63) is 75.3 Å². The van der Waals surface area contributed by atoms with Crippen LogP contribution < -0.4 is 5.56 Å². The van der Waals surface area contributed by atoms with Crippen molar-refractivity contribution in [1.29, 1.82) is 0 Å². The molecule has 1 atom stereocenters. The lowest BCUT2D eigenvalue weighted by Gasteiger charge is -2.13. The molecule has 0 radical (unpaired) electrons. The number of nitrogens with one attached hydrogen (secondary N) is 1. The number of aromatic nitrogens is 2. The Morgan fingerprint density at radius 3 is 2.62 bits per heavy atom. The molecule has 2 heterocycles. The molecule has 0 fully saturated rings. The Morgan fingerprint density at radius 1 is 1.12 bits per heavy atom. The molecule has 0 saturated carbocycles. The summed E-state index contributed by atoms with van der Waals surface area (Å²) in [5.74, 6) is 0.167. The maximum absolute atomic E-state index is 12.9. The first-order valence-corrected chi connectivity index (χ1v) is 8.25. The summed E-state index contributed by atoms with van der Waals surface area (Å²) in [6.45, 7) is 2.59. The summed E-state index contributed by atoms with van der Waals surface area (Å²) in [7, 11) is 0. The number of para-hydroxylation sites is 1. The highest BCUT2D eigenvalue weighted by atomic mass is 32.1. The highest BCUT2D eigenvalue weighted by Gasteiger charge is 2.15. The molecule has 0 aliphatic rings. The number of hydrogen-bond acceptors (Lipinski definition) is 3. The predicted molar refractivity (Wildman–Crippen MR) is 98.0 cm³/mol. The zero-order valence-electron chi connectivity index (χ0n) is 13.2. The van der Waals surface area contributed by atoms with Gasteiger partial charge in [0.2, 0.25) is 5.58 Å². The molecule has 120 valence electrons. The standard InChI is InChI=1S/C19H16N2O2S/c1-12(13-7-3-2-4-8-13)11-21-18(22)17-16(20-19(21)24)14-9-5-6-10-15(14)23-17/h2-10,12H,11H2,1H3,(H,20,24). The molecule has 0 spiro atoms. The van der Waals surface area contributed by atoms with Crippen LogP contribution >= 0.6 is 12.2 Å². The molecule has 24 heavy (non-hydrogen) atoms. The van der Waals surface area contributed by atoms with Crippen molar-refractivity contribution in [3.8, 4) is 0 Å². The summed E-state index contributed by atoms with van der Waals surface area (Å²) in [5.41, 5.74) is 2.66. The summed E-state index contributed by atoms with van der Waals surface area (Å²) in [5, 5.41) is 0.874. The Bertz CT molecular complexity index is 1140. The van der Waals surface area contributed by atoms with Crippen molar-refractivity contribution >= 4 is 34.3 Å². The van der Waals surface area contributed by atoms with Gasteiger partial charge in [-0.1, -0.05) is 49.4 Å². The van der Waals surface area contributed by atoms with Crippen molar-refractivity contribution in [2.45, 2.75) is 19.4 Å². The number of H-pyrrole nitrogens is 1. The van der Waals surface area contributed by atoms with Gasteiger partial charge in [-0.05, 0) is 35.8 Å². The molecule has 2 aromatic carbocycles. The minimum absolute atomic E-state index is 0.167. The second kappa shape index (κ2) is 5.76. The lowest BCUT2D eigenvalue weighted by molar-refractivity contribution is 0.558. The molecule has 4 nitrogen and oxygen atoms in total. The first-order valence-electron chi connectivity index (χ1n) is 7.84. The van der Waals surface area contributed by atoms with E-state index in [9.17, 15) is 4.79 Å². The van der Waals surface area contributed by atoms with Gasteiger partial charge >= 0.3 is 0 Å². The third-order valence-electron chi connectivity index (χ3n) is 4.34. The van der Waals surface area contributed by atoms with Crippen LogP contribution in [0.1, 0.15) is 18.4 Å². The molecule has 4 rings (SSSR count). The zero-order valence-corrected chi connectivity index (χ0v) is 14.0. The molecule has 2 aromatic heterocycles. The fraction of sp³-hybridized carbons (Fsp3) is 0.158. The maximum atomic E-state index is 12.9. The van der Waals surface area contributed by atoms with Crippen LogP contribution in [0.15, 0.2) is 63.8 Å². The van der Waals surface area contributed by atoms with Crippen LogP contribution in [0.2, 0.25) is 0 Å². The minimum Gasteiger partial charge on any atom is -0.449 e. The van der Waals surface area contributed by atoms with Crippen molar-refractivity contribution in [2.24, 2.45) is 0 Å². The van der Waals surface area contributed by atoms with E-state index >= 15 is 0 Å². The van der Waals surface area contributed by atoms with Gasteiger partial charge in [-0.2, -0.15) is 0 Å². The number of nitrogens with zero attached hydrogens (tertiary/aromatic N) is 1. The smallest absolute Gasteiger partial charge is 0.298 e. The molecular weight excluding hydrogens is 320 g/mol. The van der Waals surface area contributed by atoms with E-state index < -0.39 is 0 Å². The van der Waals surface area contributed by atoms with Gasteiger partial charge in [-0.15, -0.1) is 0 Å². The van der Waals surface area contributed by atoms with Crippen LogP contribution in [0.3, 0.4) is 0 Å². The Morgan fingerprint density at radius 2 is 1.83 bits per heavy atom. The van der Waals surface area contributed by atoms with Crippen LogP contribution in [0.4, 0.5) is 0 Å². The summed E-state index contributed by atoms with van der Waals surface area (Å²) in [6.07, 6.45) is 0. The van der Waals surface area contributed by atoms with Gasteiger partial charge in [0.15, 0.2) is 4.77 Å². The topological polar surface area (TPSA) is 50.9 Å². The normalized spacial score (nSPS) is 12.7. The fourth-order valence-corrected chi connectivity index (χ4v) is 3.30. The molecule has 1 N–H and O–H groups in total. The second-order valence-corrected chi connectivity index (χ2v) is 6.35. The van der Waals surface area contributed by atoms with E-state index in [1.807, 2.05) is 42.5 Å². The summed E-state index contributed by atoms with van der Waals surface area (Å²) >= 11 is 5.43. The van der Waals surface area contributed by atoms with Crippen LogP contribution in [-0.4, -0.2) is 9.55 Å². The Labute approximate surface area is 143 Å². The molecular formula is C19H16N2O2S. The minimum atomic E-state index is -0.187. The van der Waals surface area contributed by atoms with E-state index in [2.05, 4.69) is 24.0 Å². The number of rotatable bonds is 3. The van der Waals surface area contributed by atoms with E-state index in [0.29, 0.717) is 28.0 Å². The first-order chi connectivity index (χ1) is 11.6. The Balaban J connectivity index is 1.86. The molecule has 0 aliphatic heterocycles. The lowest BCUT2D eigenvalue weighted by Crippen LogP contribution is -2.24. The molecule has 0 saturated heterocycles. The summed E-state index contributed by atoms with van der Waals surface area (Å²) < 4.78 is 7.75. The largest absolute Gasteiger partial charge is 0.449 e. The average Bonchev–Trinajstić information content (AvgIpc) is 2.98. The highest BCUT2D eigenvalue weighted by Crippen LogP contribution is 2.25. The maximum Gasteiger partial charge on any atom is 0.298 e. The van der Waals surface area contributed by atoms with Gasteiger partial charge in [-0.3, -0.25) is 9.36 Å². The van der Waals surface area contributed by atoms with Crippen molar-refractivity contribution in [3.63, 3.8) is 0 Å². The molecule has 5 heteroatoms. The molecule has 0 aliphatic carbocycles. The van der Waals surface area contributed by atoms with Gasteiger partial charge < -0.3 is 9.40 Å². The number of hydrogen-bond donors (Lipinski definition) is 1. The van der Waals surface area contributed by atoms with E-state index in [-0.39, 0.29) is 11.5 Å². The number of fused-ring (bicyclic) bond motifs is 3. The fourth-order valence-electron chi connectivity index (χ4n) is 3.04.